The van der Waals surface area contributed by atoms with E-state index >= 15 is 0 Å². The first-order valence-electron chi connectivity index (χ1n) is 6.81. The number of hydrogen-bond donors (Lipinski definition) is 2. The molecule has 0 unspecified atom stereocenters. The zero-order chi connectivity index (χ0) is 13.5. The van der Waals surface area contributed by atoms with Crippen molar-refractivity contribution < 1.29 is 0 Å². The zero-order valence-corrected chi connectivity index (χ0v) is 11.7. The minimum Gasteiger partial charge on any atom is -0.388 e. The average Bonchev–Trinajstić information content (AvgIpc) is 2.46. The van der Waals surface area contributed by atoms with Gasteiger partial charge in [0.2, 0.25) is 0 Å². The molecule has 0 amide bonds. The highest BCUT2D eigenvalue weighted by Crippen LogP contribution is 2.08. The fraction of sp³-hybridized carbons (Fsp3) is 0.294. The minimum absolute atomic E-state index is 0.926. The van der Waals surface area contributed by atoms with Gasteiger partial charge in [0, 0.05) is 19.3 Å². The summed E-state index contributed by atoms with van der Waals surface area (Å²) in [6.07, 6.45) is 1.08. The van der Waals surface area contributed by atoms with Gasteiger partial charge in [0.05, 0.1) is 0 Å². The second-order valence-electron chi connectivity index (χ2n) is 4.86. The monoisotopic (exact) mass is 254 g/mol. The lowest BCUT2D eigenvalue weighted by Crippen LogP contribution is -2.16. The van der Waals surface area contributed by atoms with Crippen molar-refractivity contribution in [2.75, 3.05) is 18.9 Å². The molecule has 100 valence electrons. The third kappa shape index (κ3) is 4.42. The first-order valence-corrected chi connectivity index (χ1v) is 6.81. The lowest BCUT2D eigenvalue weighted by molar-refractivity contribution is 0.687. The number of hydrogen-bond acceptors (Lipinski definition) is 2. The molecular formula is C17H22N2. The molecule has 0 atom stereocenters. The third-order valence-electron chi connectivity index (χ3n) is 3.28. The fourth-order valence-electron chi connectivity index (χ4n) is 2.01. The maximum absolute atomic E-state index is 3.48. The van der Waals surface area contributed by atoms with Gasteiger partial charge in [-0.3, -0.25) is 0 Å². The van der Waals surface area contributed by atoms with Crippen LogP contribution in [0.1, 0.15) is 16.7 Å². The van der Waals surface area contributed by atoms with Crippen LogP contribution in [0, 0.1) is 6.92 Å². The van der Waals surface area contributed by atoms with E-state index in [0.717, 1.165) is 25.2 Å². The van der Waals surface area contributed by atoms with Gasteiger partial charge in [-0.2, -0.15) is 0 Å². The summed E-state index contributed by atoms with van der Waals surface area (Å²) in [5, 5.41) is 6.61. The molecule has 2 N–H and O–H groups in total. The van der Waals surface area contributed by atoms with Gasteiger partial charge in [-0.05, 0) is 43.1 Å². The summed E-state index contributed by atoms with van der Waals surface area (Å²) in [5.74, 6) is 0. The summed E-state index contributed by atoms with van der Waals surface area (Å²) in [5.41, 5.74) is 5.19. The van der Waals surface area contributed by atoms with Crippen molar-refractivity contribution in [1.29, 1.82) is 0 Å². The van der Waals surface area contributed by atoms with E-state index in [-0.39, 0.29) is 0 Å². The van der Waals surface area contributed by atoms with E-state index < -0.39 is 0 Å². The van der Waals surface area contributed by atoms with Crippen molar-refractivity contribution in [3.63, 3.8) is 0 Å². The largest absolute Gasteiger partial charge is 0.388 e. The third-order valence-corrected chi connectivity index (χ3v) is 3.28. The van der Waals surface area contributed by atoms with Crippen LogP contribution in [0.3, 0.4) is 0 Å². The van der Waals surface area contributed by atoms with Crippen LogP contribution < -0.4 is 10.6 Å². The van der Waals surface area contributed by atoms with E-state index in [1.165, 1.54) is 16.7 Å². The molecule has 0 aromatic heterocycles. The van der Waals surface area contributed by atoms with E-state index in [1.807, 2.05) is 7.05 Å². The lowest BCUT2D eigenvalue weighted by Gasteiger charge is -2.06. The van der Waals surface area contributed by atoms with Crippen LogP contribution in [0.4, 0.5) is 5.69 Å². The molecule has 0 heterocycles. The van der Waals surface area contributed by atoms with Crippen molar-refractivity contribution in [3.8, 4) is 0 Å². The highest BCUT2D eigenvalue weighted by Gasteiger charge is 1.95. The first kappa shape index (κ1) is 13.6. The maximum Gasteiger partial charge on any atom is 0.0337 e. The Morgan fingerprint density at radius 2 is 1.47 bits per heavy atom. The van der Waals surface area contributed by atoms with E-state index in [9.17, 15) is 0 Å². The SMILES string of the molecule is CNc1ccc(CNCCc2ccc(C)cc2)cc1. The topological polar surface area (TPSA) is 24.1 Å². The van der Waals surface area contributed by atoms with Gasteiger partial charge < -0.3 is 10.6 Å². The molecule has 19 heavy (non-hydrogen) atoms. The summed E-state index contributed by atoms with van der Waals surface area (Å²) in [7, 11) is 1.94. The molecule has 0 saturated carbocycles. The molecule has 0 spiro atoms. The molecule has 2 nitrogen and oxygen atoms in total. The van der Waals surface area contributed by atoms with Crippen molar-refractivity contribution in [2.45, 2.75) is 19.9 Å². The van der Waals surface area contributed by atoms with Crippen molar-refractivity contribution in [1.82, 2.24) is 5.32 Å². The Labute approximate surface area is 115 Å². The predicted octanol–water partition coefficient (Wildman–Crippen LogP) is 3.37. The Morgan fingerprint density at radius 3 is 2.11 bits per heavy atom. The number of benzene rings is 2. The lowest BCUT2D eigenvalue weighted by atomic mass is 10.1. The Hall–Kier alpha value is -1.80. The van der Waals surface area contributed by atoms with Crippen LogP contribution in [-0.2, 0) is 13.0 Å². The molecule has 2 aromatic rings. The summed E-state index contributed by atoms with van der Waals surface area (Å²) in [4.78, 5) is 0. The van der Waals surface area contributed by atoms with E-state index in [2.05, 4.69) is 66.1 Å². The number of rotatable bonds is 6. The van der Waals surface area contributed by atoms with Crippen molar-refractivity contribution in [3.05, 3.63) is 65.2 Å². The molecule has 0 saturated heterocycles. The van der Waals surface area contributed by atoms with E-state index in [0.29, 0.717) is 0 Å². The molecule has 0 aliphatic heterocycles. The van der Waals surface area contributed by atoms with Crippen LogP contribution in [0.15, 0.2) is 48.5 Å². The zero-order valence-electron chi connectivity index (χ0n) is 11.7. The van der Waals surface area contributed by atoms with Crippen molar-refractivity contribution in [2.24, 2.45) is 0 Å². The summed E-state index contributed by atoms with van der Waals surface area (Å²) in [6.45, 7) is 4.06. The summed E-state index contributed by atoms with van der Waals surface area (Å²) >= 11 is 0. The molecule has 0 radical (unpaired) electrons. The molecular weight excluding hydrogens is 232 g/mol. The van der Waals surface area contributed by atoms with Gasteiger partial charge in [0.25, 0.3) is 0 Å². The van der Waals surface area contributed by atoms with Gasteiger partial charge >= 0.3 is 0 Å². The molecule has 0 bridgehead atoms. The fourth-order valence-corrected chi connectivity index (χ4v) is 2.01. The molecule has 0 aliphatic carbocycles. The molecule has 2 aromatic carbocycles. The second kappa shape index (κ2) is 6.95. The molecule has 2 rings (SSSR count). The summed E-state index contributed by atoms with van der Waals surface area (Å²) < 4.78 is 0. The highest BCUT2D eigenvalue weighted by molar-refractivity contribution is 5.43. The van der Waals surface area contributed by atoms with E-state index in [4.69, 9.17) is 0 Å². The van der Waals surface area contributed by atoms with Crippen LogP contribution >= 0.6 is 0 Å². The smallest absolute Gasteiger partial charge is 0.0337 e. The quantitative estimate of drug-likeness (QED) is 0.772. The Balaban J connectivity index is 1.72. The average molecular weight is 254 g/mol. The predicted molar refractivity (Wildman–Crippen MR) is 82.6 cm³/mol. The van der Waals surface area contributed by atoms with Gasteiger partial charge in [-0.15, -0.1) is 0 Å². The molecule has 0 aliphatic rings. The Kier molecular flexibility index (Phi) is 4.99. The van der Waals surface area contributed by atoms with Gasteiger partial charge in [0.15, 0.2) is 0 Å². The van der Waals surface area contributed by atoms with Crippen LogP contribution in [-0.4, -0.2) is 13.6 Å². The molecule has 2 heteroatoms. The minimum atomic E-state index is 0.926. The molecule has 0 fully saturated rings. The van der Waals surface area contributed by atoms with E-state index in [1.54, 1.807) is 0 Å². The first-order chi connectivity index (χ1) is 9.28. The number of nitrogens with one attached hydrogen (secondary N) is 2. The van der Waals surface area contributed by atoms with Gasteiger partial charge in [-0.25, -0.2) is 0 Å². The van der Waals surface area contributed by atoms with Crippen LogP contribution in [0.5, 0.6) is 0 Å². The van der Waals surface area contributed by atoms with Crippen LogP contribution in [0.25, 0.3) is 0 Å². The van der Waals surface area contributed by atoms with Crippen LogP contribution in [0.2, 0.25) is 0 Å². The number of anilines is 1. The maximum atomic E-state index is 3.48. The summed E-state index contributed by atoms with van der Waals surface area (Å²) in [6, 6.07) is 17.3. The van der Waals surface area contributed by atoms with Gasteiger partial charge in [0.1, 0.15) is 0 Å². The van der Waals surface area contributed by atoms with Crippen molar-refractivity contribution >= 4 is 5.69 Å². The Morgan fingerprint density at radius 1 is 0.842 bits per heavy atom. The number of aryl methyl sites for hydroxylation is 1. The van der Waals surface area contributed by atoms with Gasteiger partial charge in [-0.1, -0.05) is 42.0 Å². The second-order valence-corrected chi connectivity index (χ2v) is 4.86. The normalized spacial score (nSPS) is 10.4. The standard InChI is InChI=1S/C17H22N2/c1-14-3-5-15(6-4-14)11-12-19-13-16-7-9-17(18-2)10-8-16/h3-10,18-19H,11-13H2,1-2H3. The highest BCUT2D eigenvalue weighted by atomic mass is 14.8. The Bertz CT molecular complexity index is 486.